The van der Waals surface area contributed by atoms with E-state index in [0.717, 1.165) is 21.7 Å². The van der Waals surface area contributed by atoms with E-state index < -0.39 is 0 Å². The maximum atomic E-state index is 11.6. The molecule has 0 bridgehead atoms. The van der Waals surface area contributed by atoms with Crippen molar-refractivity contribution in [2.75, 3.05) is 11.4 Å². The van der Waals surface area contributed by atoms with Gasteiger partial charge in [-0.15, -0.1) is 21.5 Å². The number of benzene rings is 1. The molecule has 124 valence electrons. The Balaban J connectivity index is 1.71. The molecule has 0 atom stereocenters. The highest BCUT2D eigenvalue weighted by molar-refractivity contribution is 7.98. The average molecular weight is 359 g/mol. The van der Waals surface area contributed by atoms with Crippen LogP contribution in [0.2, 0.25) is 0 Å². The maximum absolute atomic E-state index is 11.6. The maximum Gasteiger partial charge on any atom is 0.225 e. The van der Waals surface area contributed by atoms with Crippen molar-refractivity contribution in [1.29, 1.82) is 0 Å². The minimum absolute atomic E-state index is 0.00914. The Labute approximate surface area is 148 Å². The van der Waals surface area contributed by atoms with Gasteiger partial charge in [0, 0.05) is 30.3 Å². The summed E-state index contributed by atoms with van der Waals surface area (Å²) in [6.45, 7) is 4.12. The van der Waals surface area contributed by atoms with E-state index in [1.54, 1.807) is 29.9 Å². The lowest BCUT2D eigenvalue weighted by Gasteiger charge is -2.14. The van der Waals surface area contributed by atoms with E-state index >= 15 is 0 Å². The number of nitrogens with zero attached hydrogens (tertiary/aromatic N) is 5. The molecule has 0 aliphatic rings. The van der Waals surface area contributed by atoms with Gasteiger partial charge in [0.1, 0.15) is 6.33 Å². The van der Waals surface area contributed by atoms with Gasteiger partial charge in [-0.05, 0) is 19.1 Å². The van der Waals surface area contributed by atoms with Crippen LogP contribution in [0.3, 0.4) is 0 Å². The Hall–Kier alpha value is -2.19. The number of hydrogen-bond donors (Lipinski definition) is 0. The van der Waals surface area contributed by atoms with E-state index in [9.17, 15) is 4.79 Å². The van der Waals surface area contributed by atoms with Gasteiger partial charge in [-0.25, -0.2) is 4.98 Å². The molecular weight excluding hydrogens is 342 g/mol. The molecule has 0 unspecified atom stereocenters. The van der Waals surface area contributed by atoms with Gasteiger partial charge in [-0.1, -0.05) is 30.0 Å². The number of thiazole rings is 1. The van der Waals surface area contributed by atoms with E-state index in [1.807, 2.05) is 47.2 Å². The van der Waals surface area contributed by atoms with Crippen LogP contribution in [0.5, 0.6) is 0 Å². The van der Waals surface area contributed by atoms with Gasteiger partial charge >= 0.3 is 0 Å². The van der Waals surface area contributed by atoms with Crippen LogP contribution < -0.4 is 4.90 Å². The Kier molecular flexibility index (Phi) is 5.27. The minimum Gasteiger partial charge on any atom is -0.289 e. The predicted octanol–water partition coefficient (Wildman–Crippen LogP) is 3.39. The molecule has 0 aliphatic carbocycles. The van der Waals surface area contributed by atoms with Crippen molar-refractivity contribution in [2.24, 2.45) is 0 Å². The fraction of sp³-hybridized carbons (Fsp3) is 0.250. The van der Waals surface area contributed by atoms with E-state index in [4.69, 9.17) is 0 Å². The monoisotopic (exact) mass is 359 g/mol. The van der Waals surface area contributed by atoms with Crippen LogP contribution in [0.25, 0.3) is 5.69 Å². The van der Waals surface area contributed by atoms with E-state index in [0.29, 0.717) is 12.3 Å². The Morgan fingerprint density at radius 3 is 2.83 bits per heavy atom. The molecule has 0 saturated carbocycles. The molecule has 8 heteroatoms. The molecule has 6 nitrogen and oxygen atoms in total. The van der Waals surface area contributed by atoms with Gasteiger partial charge in [0.25, 0.3) is 0 Å². The van der Waals surface area contributed by atoms with Crippen LogP contribution in [0, 0.1) is 0 Å². The van der Waals surface area contributed by atoms with Crippen molar-refractivity contribution in [3.05, 3.63) is 47.7 Å². The van der Waals surface area contributed by atoms with Crippen molar-refractivity contribution in [2.45, 2.75) is 24.8 Å². The molecule has 0 fully saturated rings. The van der Waals surface area contributed by atoms with Gasteiger partial charge in [-0.3, -0.25) is 14.3 Å². The summed E-state index contributed by atoms with van der Waals surface area (Å²) < 4.78 is 1.95. The highest BCUT2D eigenvalue weighted by atomic mass is 32.2. The van der Waals surface area contributed by atoms with E-state index in [1.165, 1.54) is 11.3 Å². The summed E-state index contributed by atoms with van der Waals surface area (Å²) in [6, 6.07) is 9.97. The first-order valence-corrected chi connectivity index (χ1v) is 9.36. The summed E-state index contributed by atoms with van der Waals surface area (Å²) >= 11 is 3.06. The SMILES string of the molecule is CCN(C(C)=O)c1nc(CSc2nncn2-c2ccccc2)cs1. The molecular formula is C16H17N5OS2. The number of carbonyl (C=O) groups excluding carboxylic acids is 1. The first kappa shape index (κ1) is 16.7. The number of carbonyl (C=O) groups is 1. The molecule has 24 heavy (non-hydrogen) atoms. The number of thioether (sulfide) groups is 1. The van der Waals surface area contributed by atoms with Crippen molar-refractivity contribution >= 4 is 34.1 Å². The zero-order valence-electron chi connectivity index (χ0n) is 13.4. The van der Waals surface area contributed by atoms with Gasteiger partial charge in [-0.2, -0.15) is 0 Å². The van der Waals surface area contributed by atoms with E-state index in [2.05, 4.69) is 15.2 Å². The number of amides is 1. The fourth-order valence-corrected chi connectivity index (χ4v) is 4.07. The molecule has 1 amide bonds. The second-order valence-electron chi connectivity index (χ2n) is 4.99. The summed E-state index contributed by atoms with van der Waals surface area (Å²) in [5.74, 6) is 0.687. The molecule has 0 spiro atoms. The van der Waals surface area contributed by atoms with Gasteiger partial charge < -0.3 is 0 Å². The lowest BCUT2D eigenvalue weighted by Crippen LogP contribution is -2.27. The smallest absolute Gasteiger partial charge is 0.225 e. The molecule has 0 radical (unpaired) electrons. The van der Waals surface area contributed by atoms with Crippen molar-refractivity contribution in [3.8, 4) is 5.69 Å². The van der Waals surface area contributed by atoms with Crippen LogP contribution in [0.15, 0.2) is 47.2 Å². The van der Waals surface area contributed by atoms with Crippen molar-refractivity contribution in [3.63, 3.8) is 0 Å². The Morgan fingerprint density at radius 2 is 2.12 bits per heavy atom. The third kappa shape index (κ3) is 3.65. The normalized spacial score (nSPS) is 10.8. The first-order valence-electron chi connectivity index (χ1n) is 7.49. The highest BCUT2D eigenvalue weighted by Gasteiger charge is 2.14. The molecule has 0 N–H and O–H groups in total. The summed E-state index contributed by atoms with van der Waals surface area (Å²) in [6.07, 6.45) is 1.71. The van der Waals surface area contributed by atoms with Crippen LogP contribution in [0.1, 0.15) is 19.5 Å². The zero-order valence-corrected chi connectivity index (χ0v) is 15.0. The topological polar surface area (TPSA) is 63.9 Å². The number of anilines is 1. The Morgan fingerprint density at radius 1 is 1.33 bits per heavy atom. The molecule has 0 aliphatic heterocycles. The lowest BCUT2D eigenvalue weighted by atomic mass is 10.3. The highest BCUT2D eigenvalue weighted by Crippen LogP contribution is 2.27. The van der Waals surface area contributed by atoms with Gasteiger partial charge in [0.05, 0.1) is 5.69 Å². The quantitative estimate of drug-likeness (QED) is 0.631. The van der Waals surface area contributed by atoms with Crippen LogP contribution in [-0.2, 0) is 10.5 Å². The van der Waals surface area contributed by atoms with Crippen LogP contribution >= 0.6 is 23.1 Å². The fourth-order valence-electron chi connectivity index (χ4n) is 2.21. The molecule has 1 aromatic carbocycles. The molecule has 0 saturated heterocycles. The molecule has 3 aromatic rings. The molecule has 2 aromatic heterocycles. The molecule has 2 heterocycles. The minimum atomic E-state index is 0.00914. The molecule has 3 rings (SSSR count). The third-order valence-electron chi connectivity index (χ3n) is 3.37. The standard InChI is InChI=1S/C16H17N5OS2/c1-3-20(12(2)22)15-18-13(9-23-15)10-24-16-19-17-11-21(16)14-7-5-4-6-8-14/h4-9,11H,3,10H2,1-2H3. The average Bonchev–Trinajstić information content (AvgIpc) is 3.23. The Bertz CT molecular complexity index is 815. The van der Waals surface area contributed by atoms with Crippen LogP contribution in [-0.4, -0.2) is 32.2 Å². The second-order valence-corrected chi connectivity index (χ2v) is 6.77. The zero-order chi connectivity index (χ0) is 16.9. The first-order chi connectivity index (χ1) is 11.7. The lowest BCUT2D eigenvalue weighted by molar-refractivity contribution is -0.116. The third-order valence-corrected chi connectivity index (χ3v) is 5.26. The van der Waals surface area contributed by atoms with E-state index in [-0.39, 0.29) is 5.91 Å². The summed E-state index contributed by atoms with van der Waals surface area (Å²) in [5.41, 5.74) is 1.96. The number of rotatable bonds is 6. The largest absolute Gasteiger partial charge is 0.289 e. The summed E-state index contributed by atoms with van der Waals surface area (Å²) in [5, 5.41) is 11.7. The summed E-state index contributed by atoms with van der Waals surface area (Å²) in [7, 11) is 0. The van der Waals surface area contributed by atoms with Crippen LogP contribution in [0.4, 0.5) is 5.13 Å². The van der Waals surface area contributed by atoms with Gasteiger partial charge in [0.2, 0.25) is 5.91 Å². The summed E-state index contributed by atoms with van der Waals surface area (Å²) in [4.78, 5) is 17.8. The van der Waals surface area contributed by atoms with Gasteiger partial charge in [0.15, 0.2) is 10.3 Å². The predicted molar refractivity (Wildman–Crippen MR) is 96.7 cm³/mol. The van der Waals surface area contributed by atoms with Crippen molar-refractivity contribution < 1.29 is 4.79 Å². The number of para-hydroxylation sites is 1. The number of hydrogen-bond acceptors (Lipinski definition) is 6. The van der Waals surface area contributed by atoms with Crippen molar-refractivity contribution in [1.82, 2.24) is 19.7 Å². The number of aromatic nitrogens is 4. The second kappa shape index (κ2) is 7.59.